The average Bonchev–Trinajstić information content (AvgIpc) is 2.29. The Morgan fingerprint density at radius 2 is 2.28 bits per heavy atom. The molecule has 0 heterocycles. The zero-order valence-corrected chi connectivity index (χ0v) is 12.5. The standard InChI is InChI=1S/C11H15ClN2O2S.ClH/c1-16-6-9(13)11(15)14-7-3-4-10(17-2)8(12)5-7;/h3-5,9H,6,13H2,1-2H3,(H,14,15);1H. The second-order valence-electron chi connectivity index (χ2n) is 3.40. The van der Waals surface area contributed by atoms with Gasteiger partial charge in [-0.2, -0.15) is 0 Å². The van der Waals surface area contributed by atoms with Crippen molar-refractivity contribution in [2.45, 2.75) is 10.9 Å². The molecule has 0 aliphatic carbocycles. The van der Waals surface area contributed by atoms with Gasteiger partial charge in [-0.15, -0.1) is 24.2 Å². The first-order chi connectivity index (χ1) is 8.08. The monoisotopic (exact) mass is 310 g/mol. The van der Waals surface area contributed by atoms with E-state index < -0.39 is 6.04 Å². The summed E-state index contributed by atoms with van der Waals surface area (Å²) in [5.41, 5.74) is 6.22. The van der Waals surface area contributed by atoms with Crippen molar-refractivity contribution in [3.05, 3.63) is 23.2 Å². The van der Waals surface area contributed by atoms with Crippen molar-refractivity contribution in [1.82, 2.24) is 0 Å². The number of hydrogen-bond acceptors (Lipinski definition) is 4. The quantitative estimate of drug-likeness (QED) is 0.820. The van der Waals surface area contributed by atoms with Crippen LogP contribution in [0.1, 0.15) is 0 Å². The van der Waals surface area contributed by atoms with Gasteiger partial charge in [0.15, 0.2) is 0 Å². The number of carbonyl (C=O) groups is 1. The van der Waals surface area contributed by atoms with Crippen LogP contribution >= 0.6 is 35.8 Å². The van der Waals surface area contributed by atoms with Crippen molar-refractivity contribution in [1.29, 1.82) is 0 Å². The van der Waals surface area contributed by atoms with Crippen molar-refractivity contribution in [2.24, 2.45) is 5.73 Å². The van der Waals surface area contributed by atoms with E-state index in [0.29, 0.717) is 10.7 Å². The fraction of sp³-hybridized carbons (Fsp3) is 0.364. The molecule has 0 bridgehead atoms. The van der Waals surface area contributed by atoms with Crippen LogP contribution in [0.5, 0.6) is 0 Å². The Morgan fingerprint density at radius 1 is 1.61 bits per heavy atom. The maximum absolute atomic E-state index is 11.6. The van der Waals surface area contributed by atoms with Gasteiger partial charge in [-0.1, -0.05) is 11.6 Å². The number of nitrogens with one attached hydrogen (secondary N) is 1. The van der Waals surface area contributed by atoms with Gasteiger partial charge in [-0.25, -0.2) is 0 Å². The Bertz CT molecular complexity index is 405. The summed E-state index contributed by atoms with van der Waals surface area (Å²) in [6.45, 7) is 0.183. The Kier molecular flexibility index (Phi) is 8.39. The molecule has 1 aromatic carbocycles. The largest absolute Gasteiger partial charge is 0.383 e. The van der Waals surface area contributed by atoms with E-state index >= 15 is 0 Å². The summed E-state index contributed by atoms with van der Waals surface area (Å²) in [4.78, 5) is 12.6. The summed E-state index contributed by atoms with van der Waals surface area (Å²) in [6.07, 6.45) is 1.94. The summed E-state index contributed by atoms with van der Waals surface area (Å²) in [6, 6.07) is 4.66. The van der Waals surface area contributed by atoms with Gasteiger partial charge in [-0.3, -0.25) is 4.79 Å². The minimum Gasteiger partial charge on any atom is -0.383 e. The fourth-order valence-electron chi connectivity index (χ4n) is 1.23. The zero-order chi connectivity index (χ0) is 12.8. The summed E-state index contributed by atoms with van der Waals surface area (Å²) >= 11 is 7.57. The lowest BCUT2D eigenvalue weighted by atomic mass is 10.2. The molecule has 0 aliphatic rings. The molecular formula is C11H16Cl2N2O2S. The number of methoxy groups -OCH3 is 1. The molecule has 18 heavy (non-hydrogen) atoms. The highest BCUT2D eigenvalue weighted by Gasteiger charge is 2.13. The fourth-order valence-corrected chi connectivity index (χ4v) is 2.10. The molecule has 1 atom stereocenters. The minimum atomic E-state index is -0.681. The van der Waals surface area contributed by atoms with Crippen molar-refractivity contribution < 1.29 is 9.53 Å². The molecule has 0 spiro atoms. The molecule has 4 nitrogen and oxygen atoms in total. The van der Waals surface area contributed by atoms with Crippen LogP contribution in [0.25, 0.3) is 0 Å². The van der Waals surface area contributed by atoms with Gasteiger partial charge in [0.2, 0.25) is 5.91 Å². The lowest BCUT2D eigenvalue weighted by Crippen LogP contribution is -2.39. The Hall–Kier alpha value is -0.460. The molecule has 1 unspecified atom stereocenters. The third-order valence-corrected chi connectivity index (χ3v) is 3.32. The highest BCUT2D eigenvalue weighted by Crippen LogP contribution is 2.27. The SMILES string of the molecule is COCC(N)C(=O)Nc1ccc(SC)c(Cl)c1.Cl. The summed E-state index contributed by atoms with van der Waals surface area (Å²) in [5, 5.41) is 3.29. The number of benzene rings is 1. The molecule has 0 aliphatic heterocycles. The molecule has 3 N–H and O–H groups in total. The van der Waals surface area contributed by atoms with Gasteiger partial charge in [0.05, 0.1) is 11.6 Å². The molecule has 0 fully saturated rings. The van der Waals surface area contributed by atoms with Crippen molar-refractivity contribution in [3.8, 4) is 0 Å². The van der Waals surface area contributed by atoms with Crippen LogP contribution in [0.3, 0.4) is 0 Å². The van der Waals surface area contributed by atoms with E-state index in [-0.39, 0.29) is 24.9 Å². The maximum Gasteiger partial charge on any atom is 0.243 e. The number of ether oxygens (including phenoxy) is 1. The minimum absolute atomic E-state index is 0. The molecule has 102 valence electrons. The van der Waals surface area contributed by atoms with E-state index in [1.165, 1.54) is 7.11 Å². The third kappa shape index (κ3) is 5.04. The predicted octanol–water partition coefficient (Wildman–Crippen LogP) is 2.40. The van der Waals surface area contributed by atoms with Crippen LogP contribution in [0.15, 0.2) is 23.1 Å². The van der Waals surface area contributed by atoms with Crippen LogP contribution in [0, 0.1) is 0 Å². The highest BCUT2D eigenvalue weighted by atomic mass is 35.5. The number of amides is 1. The second-order valence-corrected chi connectivity index (χ2v) is 4.66. The molecule has 7 heteroatoms. The molecule has 1 aromatic rings. The second kappa shape index (κ2) is 8.61. The zero-order valence-electron chi connectivity index (χ0n) is 10.1. The summed E-state index contributed by atoms with van der Waals surface area (Å²) < 4.78 is 4.81. The molecule has 0 saturated heterocycles. The van der Waals surface area contributed by atoms with Crippen LogP contribution in [0.2, 0.25) is 5.02 Å². The van der Waals surface area contributed by atoms with E-state index in [9.17, 15) is 4.79 Å². The Balaban J connectivity index is 0.00000289. The van der Waals surface area contributed by atoms with Gasteiger partial charge < -0.3 is 15.8 Å². The number of anilines is 1. The van der Waals surface area contributed by atoms with Crippen LogP contribution in [0.4, 0.5) is 5.69 Å². The third-order valence-electron chi connectivity index (χ3n) is 2.10. The smallest absolute Gasteiger partial charge is 0.243 e. The van der Waals surface area contributed by atoms with Gasteiger partial charge in [0.1, 0.15) is 6.04 Å². The van der Waals surface area contributed by atoms with Gasteiger partial charge in [-0.05, 0) is 24.5 Å². The Labute approximate surface area is 122 Å². The first-order valence-corrected chi connectivity index (χ1v) is 6.57. The van der Waals surface area contributed by atoms with Crippen LogP contribution in [-0.4, -0.2) is 31.9 Å². The number of thioether (sulfide) groups is 1. The lowest BCUT2D eigenvalue weighted by molar-refractivity contribution is -0.118. The first kappa shape index (κ1) is 17.5. The molecular weight excluding hydrogens is 295 g/mol. The number of halogens is 2. The van der Waals surface area contributed by atoms with E-state index in [1.54, 1.807) is 23.9 Å². The summed E-state index contributed by atoms with van der Waals surface area (Å²) in [5.74, 6) is -0.292. The number of rotatable bonds is 5. The maximum atomic E-state index is 11.6. The molecule has 0 radical (unpaired) electrons. The van der Waals surface area contributed by atoms with Crippen molar-refractivity contribution >= 4 is 47.4 Å². The number of nitrogens with two attached hydrogens (primary N) is 1. The van der Waals surface area contributed by atoms with E-state index in [4.69, 9.17) is 22.1 Å². The molecule has 1 amide bonds. The topological polar surface area (TPSA) is 64.3 Å². The van der Waals surface area contributed by atoms with Gasteiger partial charge >= 0.3 is 0 Å². The van der Waals surface area contributed by atoms with Crippen LogP contribution in [-0.2, 0) is 9.53 Å². The normalized spacial score (nSPS) is 11.6. The van der Waals surface area contributed by atoms with E-state index in [2.05, 4.69) is 5.32 Å². The average molecular weight is 311 g/mol. The first-order valence-electron chi connectivity index (χ1n) is 4.97. The molecule has 1 rings (SSSR count). The Morgan fingerprint density at radius 3 is 2.78 bits per heavy atom. The van der Waals surface area contributed by atoms with Gasteiger partial charge in [0.25, 0.3) is 0 Å². The number of carbonyl (C=O) groups excluding carboxylic acids is 1. The number of hydrogen-bond donors (Lipinski definition) is 2. The van der Waals surface area contributed by atoms with Crippen molar-refractivity contribution in [2.75, 3.05) is 25.3 Å². The van der Waals surface area contributed by atoms with Crippen LogP contribution < -0.4 is 11.1 Å². The highest BCUT2D eigenvalue weighted by molar-refractivity contribution is 7.98. The predicted molar refractivity (Wildman–Crippen MR) is 79.0 cm³/mol. The van der Waals surface area contributed by atoms with E-state index in [0.717, 1.165) is 4.90 Å². The molecule has 0 saturated carbocycles. The van der Waals surface area contributed by atoms with E-state index in [1.807, 2.05) is 12.3 Å². The summed E-state index contributed by atoms with van der Waals surface area (Å²) in [7, 11) is 1.50. The lowest BCUT2D eigenvalue weighted by Gasteiger charge is -2.12. The van der Waals surface area contributed by atoms with Gasteiger partial charge in [0, 0.05) is 17.7 Å². The molecule has 0 aromatic heterocycles. The van der Waals surface area contributed by atoms with Crippen molar-refractivity contribution in [3.63, 3.8) is 0 Å².